The monoisotopic (exact) mass is 359 g/mol. The zero-order chi connectivity index (χ0) is 14.7. The van der Waals surface area contributed by atoms with Crippen molar-refractivity contribution in [2.24, 2.45) is 0 Å². The fourth-order valence-corrected chi connectivity index (χ4v) is 2.17. The van der Waals surface area contributed by atoms with Gasteiger partial charge in [-0.1, -0.05) is 23.7 Å². The third kappa shape index (κ3) is 3.77. The van der Waals surface area contributed by atoms with Gasteiger partial charge in [-0.15, -0.1) is 0 Å². The molecule has 0 unspecified atom stereocenters. The van der Waals surface area contributed by atoms with Crippen LogP contribution in [0.1, 0.15) is 5.56 Å². The summed E-state index contributed by atoms with van der Waals surface area (Å²) in [5.74, 6) is -1.81. The number of carbonyl (C=O) groups excluding carboxylic acids is 1. The first-order chi connectivity index (χ1) is 9.45. The number of benzene rings is 2. The molecule has 104 valence electrons. The summed E-state index contributed by atoms with van der Waals surface area (Å²) >= 11 is 8.67. The molecule has 0 heterocycles. The minimum Gasteiger partial charge on any atom is -0.323 e. The van der Waals surface area contributed by atoms with Gasteiger partial charge in [0.25, 0.3) is 0 Å². The highest BCUT2D eigenvalue weighted by Crippen LogP contribution is 2.23. The molecule has 0 aliphatic heterocycles. The molecule has 0 saturated heterocycles. The van der Waals surface area contributed by atoms with Crippen LogP contribution in [0.3, 0.4) is 0 Å². The van der Waals surface area contributed by atoms with Crippen molar-refractivity contribution >= 4 is 39.1 Å². The summed E-state index contributed by atoms with van der Waals surface area (Å²) in [5, 5.41) is 2.84. The van der Waals surface area contributed by atoms with E-state index in [2.05, 4.69) is 21.2 Å². The number of anilines is 1. The number of carbonyl (C=O) groups is 1. The van der Waals surface area contributed by atoms with Crippen LogP contribution in [0.4, 0.5) is 14.5 Å². The molecule has 0 aliphatic rings. The molecule has 0 bridgehead atoms. The topological polar surface area (TPSA) is 29.1 Å². The Bertz CT molecular complexity index is 664. The van der Waals surface area contributed by atoms with E-state index < -0.39 is 17.5 Å². The van der Waals surface area contributed by atoms with Crippen LogP contribution in [0.2, 0.25) is 5.02 Å². The quantitative estimate of drug-likeness (QED) is 0.799. The van der Waals surface area contributed by atoms with Gasteiger partial charge in [0.15, 0.2) is 0 Å². The number of halogens is 4. The highest BCUT2D eigenvalue weighted by atomic mass is 79.9. The average molecular weight is 361 g/mol. The summed E-state index contributed by atoms with van der Waals surface area (Å²) in [6.07, 6.45) is 0.0255. The van der Waals surface area contributed by atoms with E-state index in [-0.39, 0.29) is 16.6 Å². The Morgan fingerprint density at radius 3 is 2.65 bits per heavy atom. The van der Waals surface area contributed by atoms with E-state index >= 15 is 0 Å². The van der Waals surface area contributed by atoms with Gasteiger partial charge in [0.2, 0.25) is 5.91 Å². The van der Waals surface area contributed by atoms with E-state index in [0.29, 0.717) is 10.6 Å². The second kappa shape index (κ2) is 6.33. The number of rotatable bonds is 3. The lowest BCUT2D eigenvalue weighted by molar-refractivity contribution is -0.115. The van der Waals surface area contributed by atoms with E-state index in [1.807, 2.05) is 0 Å². The maximum atomic E-state index is 13.6. The van der Waals surface area contributed by atoms with Gasteiger partial charge >= 0.3 is 0 Å². The lowest BCUT2D eigenvalue weighted by Gasteiger charge is -2.08. The molecule has 0 radical (unpaired) electrons. The van der Waals surface area contributed by atoms with Crippen LogP contribution in [0.5, 0.6) is 0 Å². The smallest absolute Gasteiger partial charge is 0.228 e. The summed E-state index contributed by atoms with van der Waals surface area (Å²) < 4.78 is 26.9. The maximum absolute atomic E-state index is 13.6. The molecule has 2 aromatic carbocycles. The molecule has 1 amide bonds. The summed E-state index contributed by atoms with van der Waals surface area (Å²) in [7, 11) is 0. The molecule has 0 atom stereocenters. The Labute approximate surface area is 127 Å². The summed E-state index contributed by atoms with van der Waals surface area (Å²) in [6, 6.07) is 8.65. The summed E-state index contributed by atoms with van der Waals surface area (Å²) in [5.41, 5.74) is 0.491. The predicted octanol–water partition coefficient (Wildman–Crippen LogP) is 4.56. The average Bonchev–Trinajstić information content (AvgIpc) is 2.36. The number of nitrogens with one attached hydrogen (secondary N) is 1. The number of hydrogen-bond donors (Lipinski definition) is 1. The zero-order valence-corrected chi connectivity index (χ0v) is 12.4. The van der Waals surface area contributed by atoms with Crippen LogP contribution < -0.4 is 5.32 Å². The number of hydrogen-bond acceptors (Lipinski definition) is 1. The van der Waals surface area contributed by atoms with Gasteiger partial charge < -0.3 is 5.32 Å². The van der Waals surface area contributed by atoms with E-state index in [1.165, 1.54) is 0 Å². The largest absolute Gasteiger partial charge is 0.323 e. The molecular formula is C14H9BrClF2NO. The highest BCUT2D eigenvalue weighted by Gasteiger charge is 2.11. The molecule has 0 spiro atoms. The Kier molecular flexibility index (Phi) is 4.73. The third-order valence-corrected chi connectivity index (χ3v) is 3.38. The fraction of sp³-hybridized carbons (Fsp3) is 0.0714. The first-order valence-corrected chi connectivity index (χ1v) is 6.81. The van der Waals surface area contributed by atoms with E-state index in [0.717, 1.165) is 12.1 Å². The molecule has 6 heteroatoms. The standard InChI is InChI=1S/C14H9BrClF2NO/c15-10-6-12(18)13(7-11(10)17)19-14(20)5-8-2-1-3-9(16)4-8/h1-4,6-7H,5H2,(H,19,20). The predicted molar refractivity (Wildman–Crippen MR) is 77.8 cm³/mol. The zero-order valence-electron chi connectivity index (χ0n) is 10.1. The van der Waals surface area contributed by atoms with Crippen molar-refractivity contribution in [3.63, 3.8) is 0 Å². The van der Waals surface area contributed by atoms with Crippen LogP contribution in [-0.2, 0) is 11.2 Å². The van der Waals surface area contributed by atoms with Crippen LogP contribution in [0.15, 0.2) is 40.9 Å². The lowest BCUT2D eigenvalue weighted by Crippen LogP contribution is -2.15. The lowest BCUT2D eigenvalue weighted by atomic mass is 10.1. The molecule has 20 heavy (non-hydrogen) atoms. The van der Waals surface area contributed by atoms with Crippen molar-refractivity contribution in [2.45, 2.75) is 6.42 Å². The van der Waals surface area contributed by atoms with Crippen molar-refractivity contribution in [2.75, 3.05) is 5.32 Å². The Balaban J connectivity index is 2.10. The molecule has 2 nitrogen and oxygen atoms in total. The van der Waals surface area contributed by atoms with Gasteiger partial charge in [0.1, 0.15) is 11.6 Å². The van der Waals surface area contributed by atoms with Gasteiger partial charge in [-0.05, 0) is 39.7 Å². The van der Waals surface area contributed by atoms with E-state index in [1.54, 1.807) is 24.3 Å². The van der Waals surface area contributed by atoms with Gasteiger partial charge in [0, 0.05) is 11.1 Å². The van der Waals surface area contributed by atoms with Crippen LogP contribution >= 0.6 is 27.5 Å². The SMILES string of the molecule is O=C(Cc1cccc(Cl)c1)Nc1cc(F)c(Br)cc1F. The Hall–Kier alpha value is -1.46. The molecular weight excluding hydrogens is 352 g/mol. The van der Waals surface area contributed by atoms with Crippen molar-refractivity contribution in [3.8, 4) is 0 Å². The molecule has 1 N–H and O–H groups in total. The first-order valence-electron chi connectivity index (χ1n) is 5.64. The van der Waals surface area contributed by atoms with Crippen LogP contribution in [-0.4, -0.2) is 5.91 Å². The van der Waals surface area contributed by atoms with Crippen molar-refractivity contribution < 1.29 is 13.6 Å². The second-order valence-electron chi connectivity index (χ2n) is 4.10. The summed E-state index contributed by atoms with van der Waals surface area (Å²) in [4.78, 5) is 11.8. The maximum Gasteiger partial charge on any atom is 0.228 e. The minimum absolute atomic E-state index is 0.00263. The van der Waals surface area contributed by atoms with E-state index in [9.17, 15) is 13.6 Å². The van der Waals surface area contributed by atoms with Gasteiger partial charge in [-0.3, -0.25) is 4.79 Å². The minimum atomic E-state index is -0.710. The molecule has 2 aromatic rings. The summed E-state index contributed by atoms with van der Waals surface area (Å²) in [6.45, 7) is 0. The normalized spacial score (nSPS) is 10.4. The number of amides is 1. The van der Waals surface area contributed by atoms with Crippen molar-refractivity contribution in [1.29, 1.82) is 0 Å². The molecule has 2 rings (SSSR count). The first kappa shape index (κ1) is 14.9. The Morgan fingerprint density at radius 1 is 1.20 bits per heavy atom. The second-order valence-corrected chi connectivity index (χ2v) is 5.39. The van der Waals surface area contributed by atoms with Gasteiger partial charge in [-0.25, -0.2) is 8.78 Å². The van der Waals surface area contributed by atoms with Crippen LogP contribution in [0, 0.1) is 11.6 Å². The van der Waals surface area contributed by atoms with Gasteiger partial charge in [0.05, 0.1) is 16.6 Å². The van der Waals surface area contributed by atoms with Gasteiger partial charge in [-0.2, -0.15) is 0 Å². The third-order valence-electron chi connectivity index (χ3n) is 2.54. The van der Waals surface area contributed by atoms with E-state index in [4.69, 9.17) is 11.6 Å². The van der Waals surface area contributed by atoms with Crippen LogP contribution in [0.25, 0.3) is 0 Å². The highest BCUT2D eigenvalue weighted by molar-refractivity contribution is 9.10. The van der Waals surface area contributed by atoms with Crippen molar-refractivity contribution in [1.82, 2.24) is 0 Å². The van der Waals surface area contributed by atoms with Crippen molar-refractivity contribution in [3.05, 3.63) is 63.1 Å². The Morgan fingerprint density at radius 2 is 1.95 bits per heavy atom. The molecule has 0 saturated carbocycles. The molecule has 0 fully saturated rings. The molecule has 0 aromatic heterocycles. The fourth-order valence-electron chi connectivity index (χ4n) is 1.65. The molecule has 0 aliphatic carbocycles.